The Morgan fingerprint density at radius 3 is 2.62 bits per heavy atom. The van der Waals surface area contributed by atoms with Gasteiger partial charge >= 0.3 is 0 Å². The van der Waals surface area contributed by atoms with Gasteiger partial charge in [-0.2, -0.15) is 0 Å². The summed E-state index contributed by atoms with van der Waals surface area (Å²) in [5.74, 6) is 0.235. The Kier molecular flexibility index (Phi) is 7.12. The van der Waals surface area contributed by atoms with Crippen molar-refractivity contribution in [1.82, 2.24) is 4.90 Å². The van der Waals surface area contributed by atoms with Gasteiger partial charge in [-0.15, -0.1) is 0 Å². The van der Waals surface area contributed by atoms with Crippen molar-refractivity contribution in [2.45, 2.75) is 33.2 Å². The van der Waals surface area contributed by atoms with Crippen LogP contribution in [0, 0.1) is 17.7 Å². The van der Waals surface area contributed by atoms with Gasteiger partial charge in [0.2, 0.25) is 5.91 Å². The quantitative estimate of drug-likeness (QED) is 0.838. The summed E-state index contributed by atoms with van der Waals surface area (Å²) < 4.78 is 13.7. The van der Waals surface area contributed by atoms with E-state index in [0.29, 0.717) is 29.5 Å². The zero-order chi connectivity index (χ0) is 16.0. The molecule has 0 saturated heterocycles. The van der Waals surface area contributed by atoms with E-state index in [9.17, 15) is 9.18 Å². The van der Waals surface area contributed by atoms with Crippen LogP contribution in [0.3, 0.4) is 0 Å². The first-order valence-electron chi connectivity index (χ1n) is 7.22. The molecule has 1 rings (SSSR count). The fourth-order valence-corrected chi connectivity index (χ4v) is 2.56. The lowest BCUT2D eigenvalue weighted by molar-refractivity contribution is -0.131. The maximum absolute atomic E-state index is 13.7. The van der Waals surface area contributed by atoms with Crippen LogP contribution in [0.2, 0.25) is 5.02 Å². The van der Waals surface area contributed by atoms with E-state index < -0.39 is 0 Å². The zero-order valence-corrected chi connectivity index (χ0v) is 13.7. The van der Waals surface area contributed by atoms with Crippen molar-refractivity contribution < 1.29 is 9.18 Å². The van der Waals surface area contributed by atoms with E-state index >= 15 is 0 Å². The molecule has 1 aromatic rings. The van der Waals surface area contributed by atoms with Crippen LogP contribution in [0.15, 0.2) is 18.2 Å². The Hall–Kier alpha value is -1.13. The SMILES string of the molecule is CC(C)CC(CN)CC(=O)N(C)Cc1c(F)cccc1Cl. The first-order valence-corrected chi connectivity index (χ1v) is 7.59. The molecule has 3 nitrogen and oxygen atoms in total. The monoisotopic (exact) mass is 314 g/mol. The highest BCUT2D eigenvalue weighted by Gasteiger charge is 2.19. The highest BCUT2D eigenvalue weighted by atomic mass is 35.5. The number of carbonyl (C=O) groups is 1. The van der Waals surface area contributed by atoms with Crippen molar-refractivity contribution in [1.29, 1.82) is 0 Å². The molecular weight excluding hydrogens is 291 g/mol. The van der Waals surface area contributed by atoms with E-state index in [-0.39, 0.29) is 24.2 Å². The molecule has 1 amide bonds. The smallest absolute Gasteiger partial charge is 0.222 e. The van der Waals surface area contributed by atoms with Gasteiger partial charge in [-0.3, -0.25) is 4.79 Å². The molecule has 1 unspecified atom stereocenters. The minimum absolute atomic E-state index is 0.0366. The summed E-state index contributed by atoms with van der Waals surface area (Å²) in [7, 11) is 1.66. The highest BCUT2D eigenvalue weighted by Crippen LogP contribution is 2.21. The van der Waals surface area contributed by atoms with Crippen molar-refractivity contribution in [3.63, 3.8) is 0 Å². The molecule has 2 N–H and O–H groups in total. The summed E-state index contributed by atoms with van der Waals surface area (Å²) in [6, 6.07) is 4.52. The Morgan fingerprint density at radius 2 is 2.10 bits per heavy atom. The lowest BCUT2D eigenvalue weighted by Crippen LogP contribution is -2.31. The molecule has 0 aliphatic heterocycles. The van der Waals surface area contributed by atoms with E-state index in [0.717, 1.165) is 6.42 Å². The van der Waals surface area contributed by atoms with E-state index in [1.54, 1.807) is 19.2 Å². The zero-order valence-electron chi connectivity index (χ0n) is 12.9. The third kappa shape index (κ3) is 5.64. The molecule has 0 saturated carbocycles. The van der Waals surface area contributed by atoms with Gasteiger partial charge < -0.3 is 10.6 Å². The van der Waals surface area contributed by atoms with E-state index in [1.807, 2.05) is 0 Å². The van der Waals surface area contributed by atoms with Gasteiger partial charge in [0.1, 0.15) is 5.82 Å². The molecule has 0 bridgehead atoms. The van der Waals surface area contributed by atoms with Gasteiger partial charge in [-0.1, -0.05) is 31.5 Å². The molecule has 21 heavy (non-hydrogen) atoms. The molecule has 1 atom stereocenters. The summed E-state index contributed by atoms with van der Waals surface area (Å²) in [6.07, 6.45) is 1.30. The van der Waals surface area contributed by atoms with Crippen LogP contribution in [0.25, 0.3) is 0 Å². The number of benzene rings is 1. The molecule has 0 aliphatic rings. The maximum atomic E-state index is 13.7. The molecule has 0 spiro atoms. The normalized spacial score (nSPS) is 12.5. The van der Waals surface area contributed by atoms with Crippen LogP contribution < -0.4 is 5.73 Å². The van der Waals surface area contributed by atoms with E-state index in [4.69, 9.17) is 17.3 Å². The maximum Gasteiger partial charge on any atom is 0.222 e. The number of halogens is 2. The number of carbonyl (C=O) groups excluding carboxylic acids is 1. The van der Waals surface area contributed by atoms with Crippen molar-refractivity contribution in [3.05, 3.63) is 34.6 Å². The second kappa shape index (κ2) is 8.35. The van der Waals surface area contributed by atoms with Crippen molar-refractivity contribution in [3.8, 4) is 0 Å². The second-order valence-corrected chi connectivity index (χ2v) is 6.29. The van der Waals surface area contributed by atoms with Gasteiger partial charge in [-0.25, -0.2) is 4.39 Å². The summed E-state index contributed by atoms with van der Waals surface area (Å²) in [4.78, 5) is 13.7. The van der Waals surface area contributed by atoms with E-state index in [2.05, 4.69) is 13.8 Å². The molecule has 118 valence electrons. The Morgan fingerprint density at radius 1 is 1.43 bits per heavy atom. The predicted molar refractivity (Wildman–Crippen MR) is 84.5 cm³/mol. The lowest BCUT2D eigenvalue weighted by atomic mass is 9.94. The number of hydrogen-bond donors (Lipinski definition) is 1. The molecule has 0 heterocycles. The summed E-state index contributed by atoms with van der Waals surface area (Å²) in [5.41, 5.74) is 6.07. The minimum Gasteiger partial charge on any atom is -0.341 e. The number of amides is 1. The van der Waals surface area contributed by atoms with Crippen LogP contribution in [-0.4, -0.2) is 24.4 Å². The molecule has 0 fully saturated rings. The molecule has 1 aromatic carbocycles. The topological polar surface area (TPSA) is 46.3 Å². The van der Waals surface area contributed by atoms with E-state index in [1.165, 1.54) is 11.0 Å². The highest BCUT2D eigenvalue weighted by molar-refractivity contribution is 6.31. The standard InChI is InChI=1S/C16H24ClFN2O/c1-11(2)7-12(9-19)8-16(21)20(3)10-13-14(17)5-4-6-15(13)18/h4-6,11-12H,7-10,19H2,1-3H3. The van der Waals surface area contributed by atoms with Gasteiger partial charge in [0.25, 0.3) is 0 Å². The third-order valence-electron chi connectivity index (χ3n) is 3.48. The Labute approximate surface area is 131 Å². The average Bonchev–Trinajstić information content (AvgIpc) is 2.41. The largest absolute Gasteiger partial charge is 0.341 e. The van der Waals surface area contributed by atoms with Gasteiger partial charge in [0, 0.05) is 30.6 Å². The minimum atomic E-state index is -0.389. The van der Waals surface area contributed by atoms with Crippen molar-refractivity contribution >= 4 is 17.5 Å². The van der Waals surface area contributed by atoms with Crippen molar-refractivity contribution in [2.75, 3.05) is 13.6 Å². The average molecular weight is 315 g/mol. The van der Waals surface area contributed by atoms with Gasteiger partial charge in [0.05, 0.1) is 0 Å². The molecule has 5 heteroatoms. The van der Waals surface area contributed by atoms with Crippen LogP contribution >= 0.6 is 11.6 Å². The molecule has 0 aliphatic carbocycles. The number of nitrogens with two attached hydrogens (primary N) is 1. The lowest BCUT2D eigenvalue weighted by Gasteiger charge is -2.22. The second-order valence-electron chi connectivity index (χ2n) is 5.89. The van der Waals surface area contributed by atoms with Gasteiger partial charge in [0.15, 0.2) is 0 Å². The number of nitrogens with zero attached hydrogens (tertiary/aromatic N) is 1. The van der Waals surface area contributed by atoms with Crippen LogP contribution in [0.4, 0.5) is 4.39 Å². The van der Waals surface area contributed by atoms with Crippen LogP contribution in [0.1, 0.15) is 32.3 Å². The summed E-state index contributed by atoms with van der Waals surface area (Å²) in [5, 5.41) is 0.340. The van der Waals surface area contributed by atoms with Crippen LogP contribution in [0.5, 0.6) is 0 Å². The summed E-state index contributed by atoms with van der Waals surface area (Å²) in [6.45, 7) is 4.87. The Balaban J connectivity index is 2.66. The molecular formula is C16H24ClFN2O. The third-order valence-corrected chi connectivity index (χ3v) is 3.84. The van der Waals surface area contributed by atoms with Crippen LogP contribution in [-0.2, 0) is 11.3 Å². The fraction of sp³-hybridized carbons (Fsp3) is 0.562. The first kappa shape index (κ1) is 17.9. The number of hydrogen-bond acceptors (Lipinski definition) is 2. The fourth-order valence-electron chi connectivity index (χ4n) is 2.34. The molecule has 0 radical (unpaired) electrons. The predicted octanol–water partition coefficient (Wildman–Crippen LogP) is 3.45. The van der Waals surface area contributed by atoms with Crippen molar-refractivity contribution in [2.24, 2.45) is 17.6 Å². The van der Waals surface area contributed by atoms with Gasteiger partial charge in [-0.05, 0) is 36.9 Å². The Bertz CT molecular complexity index is 459. The molecule has 0 aromatic heterocycles. The number of rotatable bonds is 7. The first-order chi connectivity index (χ1) is 9.85. The summed E-state index contributed by atoms with van der Waals surface area (Å²) >= 11 is 5.98.